The largest absolute Gasteiger partial charge is 0.523 e. The molecule has 0 aromatic heterocycles. The summed E-state index contributed by atoms with van der Waals surface area (Å²) in [6, 6.07) is 5.81. The second kappa shape index (κ2) is 6.52. The molecule has 11 heteroatoms. The number of nitrogens with zero attached hydrogens (tertiary/aromatic N) is 1. The molecule has 0 atom stereocenters. The van der Waals surface area contributed by atoms with Gasteiger partial charge in [-0.15, -0.1) is 0 Å². The Hall–Kier alpha value is -1.17. The van der Waals surface area contributed by atoms with Crippen molar-refractivity contribution in [1.29, 1.82) is 0 Å². The van der Waals surface area contributed by atoms with Crippen LogP contribution >= 0.6 is 0 Å². The fourth-order valence-corrected chi connectivity index (χ4v) is 2.94. The van der Waals surface area contributed by atoms with Gasteiger partial charge >= 0.3 is 15.6 Å². The summed E-state index contributed by atoms with van der Waals surface area (Å²) in [7, 11) is -8.55. The van der Waals surface area contributed by atoms with E-state index in [9.17, 15) is 30.0 Å². The van der Waals surface area contributed by atoms with Crippen molar-refractivity contribution >= 4 is 20.1 Å². The lowest BCUT2D eigenvalue weighted by molar-refractivity contribution is -0.0542. The number of alkyl halides is 3. The molecule has 0 saturated carbocycles. The van der Waals surface area contributed by atoms with E-state index in [2.05, 4.69) is 4.18 Å². The molecule has 22 heavy (non-hydrogen) atoms. The van der Waals surface area contributed by atoms with Crippen molar-refractivity contribution < 1.29 is 34.2 Å². The van der Waals surface area contributed by atoms with Gasteiger partial charge in [0, 0.05) is 13.6 Å². The van der Waals surface area contributed by atoms with Crippen molar-refractivity contribution in [2.24, 2.45) is 0 Å². The molecule has 0 amide bonds. The average molecular weight is 361 g/mol. The molecule has 0 fully saturated rings. The molecule has 0 spiro atoms. The number of sulfonamides is 1. The molecule has 0 N–H and O–H groups in total. The third kappa shape index (κ3) is 4.41. The van der Waals surface area contributed by atoms with Crippen LogP contribution in [0.5, 0.6) is 0 Å². The highest BCUT2D eigenvalue weighted by atomic mass is 32.2. The van der Waals surface area contributed by atoms with Crippen molar-refractivity contribution in [2.75, 3.05) is 20.2 Å². The van der Waals surface area contributed by atoms with E-state index in [1.807, 2.05) is 0 Å². The molecular weight excluding hydrogens is 347 g/mol. The summed E-state index contributed by atoms with van der Waals surface area (Å²) < 4.78 is 86.2. The van der Waals surface area contributed by atoms with Gasteiger partial charge in [0.25, 0.3) is 0 Å². The Morgan fingerprint density at radius 3 is 2.05 bits per heavy atom. The van der Waals surface area contributed by atoms with Gasteiger partial charge in [-0.3, -0.25) is 4.18 Å². The molecule has 126 valence electrons. The first kappa shape index (κ1) is 18.9. The SMILES string of the molecule is Cc1ccc(S(=O)(=O)N(C)CCOS(=O)(=O)C(F)(F)F)cc1. The molecule has 1 aromatic carbocycles. The van der Waals surface area contributed by atoms with E-state index in [-0.39, 0.29) is 4.90 Å². The number of benzene rings is 1. The molecule has 0 saturated heterocycles. The van der Waals surface area contributed by atoms with Crippen LogP contribution in [0.1, 0.15) is 5.56 Å². The van der Waals surface area contributed by atoms with Crippen molar-refractivity contribution in [1.82, 2.24) is 4.31 Å². The molecule has 1 rings (SSSR count). The maximum atomic E-state index is 12.1. The summed E-state index contributed by atoms with van der Waals surface area (Å²) in [6.07, 6.45) is 0. The van der Waals surface area contributed by atoms with Gasteiger partial charge in [-0.1, -0.05) is 17.7 Å². The highest BCUT2D eigenvalue weighted by Gasteiger charge is 2.47. The number of hydrogen-bond acceptors (Lipinski definition) is 5. The molecule has 0 aliphatic carbocycles. The van der Waals surface area contributed by atoms with Gasteiger partial charge < -0.3 is 0 Å². The van der Waals surface area contributed by atoms with Crippen LogP contribution < -0.4 is 0 Å². The van der Waals surface area contributed by atoms with E-state index < -0.39 is 38.8 Å². The summed E-state index contributed by atoms with van der Waals surface area (Å²) in [5, 5.41) is 0. The van der Waals surface area contributed by atoms with Gasteiger partial charge in [0.15, 0.2) is 0 Å². The maximum absolute atomic E-state index is 12.1. The predicted molar refractivity (Wildman–Crippen MR) is 71.9 cm³/mol. The standard InChI is InChI=1S/C11H14F3NO5S2/c1-9-3-5-10(6-4-9)21(16,17)15(2)7-8-20-22(18,19)11(12,13)14/h3-6H,7-8H2,1-2H3. The predicted octanol–water partition coefficient (Wildman–Crippen LogP) is 1.48. The minimum absolute atomic E-state index is 0.0562. The number of likely N-dealkylation sites (N-methyl/N-ethyl adjacent to an activating group) is 1. The molecule has 6 nitrogen and oxygen atoms in total. The minimum atomic E-state index is -5.73. The molecular formula is C11H14F3NO5S2. The Bertz CT molecular complexity index is 711. The highest BCUT2D eigenvalue weighted by Crippen LogP contribution is 2.24. The lowest BCUT2D eigenvalue weighted by Gasteiger charge is -2.17. The quantitative estimate of drug-likeness (QED) is 0.566. The van der Waals surface area contributed by atoms with Gasteiger partial charge in [0.1, 0.15) is 0 Å². The smallest absolute Gasteiger partial charge is 0.262 e. The number of rotatable bonds is 6. The van der Waals surface area contributed by atoms with E-state index in [0.29, 0.717) is 4.31 Å². The van der Waals surface area contributed by atoms with Gasteiger partial charge in [-0.2, -0.15) is 25.9 Å². The second-order valence-corrected chi connectivity index (χ2v) is 8.01. The zero-order chi connectivity index (χ0) is 17.2. The monoisotopic (exact) mass is 361 g/mol. The molecule has 0 bridgehead atoms. The van der Waals surface area contributed by atoms with Gasteiger partial charge in [0.05, 0.1) is 11.5 Å². The molecule has 0 aliphatic rings. The van der Waals surface area contributed by atoms with Gasteiger partial charge in [-0.25, -0.2) is 8.42 Å². The molecule has 0 radical (unpaired) electrons. The van der Waals surface area contributed by atoms with Crippen LogP contribution in [-0.2, 0) is 24.3 Å². The molecule has 0 aliphatic heterocycles. The lowest BCUT2D eigenvalue weighted by atomic mass is 10.2. The van der Waals surface area contributed by atoms with Crippen LogP contribution in [0.25, 0.3) is 0 Å². The summed E-state index contributed by atoms with van der Waals surface area (Å²) in [5.74, 6) is 0. The van der Waals surface area contributed by atoms with Crippen molar-refractivity contribution in [3.8, 4) is 0 Å². The van der Waals surface area contributed by atoms with Crippen LogP contribution in [0.4, 0.5) is 13.2 Å². The maximum Gasteiger partial charge on any atom is 0.523 e. The van der Waals surface area contributed by atoms with Crippen LogP contribution in [0.2, 0.25) is 0 Å². The third-order valence-electron chi connectivity index (χ3n) is 2.66. The number of aryl methyl sites for hydroxylation is 1. The van der Waals surface area contributed by atoms with E-state index >= 15 is 0 Å². The normalized spacial score (nSPS) is 13.5. The number of halogens is 3. The minimum Gasteiger partial charge on any atom is -0.262 e. The van der Waals surface area contributed by atoms with Crippen molar-refractivity contribution in [3.05, 3.63) is 29.8 Å². The van der Waals surface area contributed by atoms with Crippen LogP contribution in [0.15, 0.2) is 29.2 Å². The van der Waals surface area contributed by atoms with Crippen LogP contribution in [0, 0.1) is 6.92 Å². The molecule has 0 heterocycles. The van der Waals surface area contributed by atoms with Crippen LogP contribution in [-0.4, -0.2) is 46.8 Å². The Morgan fingerprint density at radius 1 is 1.09 bits per heavy atom. The Labute approximate surface area is 126 Å². The van der Waals surface area contributed by atoms with Crippen molar-refractivity contribution in [2.45, 2.75) is 17.3 Å². The van der Waals surface area contributed by atoms with Gasteiger partial charge in [-0.05, 0) is 19.1 Å². The highest BCUT2D eigenvalue weighted by molar-refractivity contribution is 7.89. The van der Waals surface area contributed by atoms with Crippen molar-refractivity contribution in [3.63, 3.8) is 0 Å². The molecule has 0 unspecified atom stereocenters. The summed E-state index contributed by atoms with van der Waals surface area (Å²) in [6.45, 7) is 0.269. The fourth-order valence-electron chi connectivity index (χ4n) is 1.35. The van der Waals surface area contributed by atoms with E-state index in [4.69, 9.17) is 0 Å². The fraction of sp³-hybridized carbons (Fsp3) is 0.455. The van der Waals surface area contributed by atoms with E-state index in [0.717, 1.165) is 12.6 Å². The third-order valence-corrected chi connectivity index (χ3v) is 5.57. The topological polar surface area (TPSA) is 80.8 Å². The zero-order valence-corrected chi connectivity index (χ0v) is 13.3. The van der Waals surface area contributed by atoms with Crippen LogP contribution in [0.3, 0.4) is 0 Å². The number of hydrogen-bond donors (Lipinski definition) is 0. The van der Waals surface area contributed by atoms with E-state index in [1.54, 1.807) is 19.1 Å². The first-order chi connectivity index (χ1) is 9.88. The lowest BCUT2D eigenvalue weighted by Crippen LogP contribution is -2.33. The Kier molecular flexibility index (Phi) is 5.60. The first-order valence-electron chi connectivity index (χ1n) is 5.86. The average Bonchev–Trinajstić information content (AvgIpc) is 2.37. The Morgan fingerprint density at radius 2 is 1.59 bits per heavy atom. The Balaban J connectivity index is 2.73. The molecule has 1 aromatic rings. The zero-order valence-electron chi connectivity index (χ0n) is 11.7. The van der Waals surface area contributed by atoms with Gasteiger partial charge in [0.2, 0.25) is 10.0 Å². The van der Waals surface area contributed by atoms with E-state index in [1.165, 1.54) is 12.1 Å². The second-order valence-electron chi connectivity index (χ2n) is 4.36. The summed E-state index contributed by atoms with van der Waals surface area (Å²) in [5.41, 5.74) is -4.71. The summed E-state index contributed by atoms with van der Waals surface area (Å²) in [4.78, 5) is -0.0562. The summed E-state index contributed by atoms with van der Waals surface area (Å²) >= 11 is 0. The first-order valence-corrected chi connectivity index (χ1v) is 8.71.